The number of hydrogen-bond acceptors (Lipinski definition) is 5. The average Bonchev–Trinajstić information content (AvgIpc) is 2.91. The molecule has 0 aromatic heterocycles. The summed E-state index contributed by atoms with van der Waals surface area (Å²) in [6.07, 6.45) is 2.38. The van der Waals surface area contributed by atoms with Crippen LogP contribution in [0.15, 0.2) is 48.5 Å². The van der Waals surface area contributed by atoms with Gasteiger partial charge in [0.2, 0.25) is 17.7 Å². The molecule has 0 fully saturated rings. The van der Waals surface area contributed by atoms with Crippen LogP contribution in [-0.4, -0.2) is 55.5 Å². The van der Waals surface area contributed by atoms with Gasteiger partial charge in [0.15, 0.2) is 0 Å². The number of ether oxygens (including phenoxy) is 1. The minimum atomic E-state index is -0.800. The van der Waals surface area contributed by atoms with E-state index in [4.69, 9.17) is 16.3 Å². The van der Waals surface area contributed by atoms with Gasteiger partial charge in [0.1, 0.15) is 24.4 Å². The minimum Gasteiger partial charge on any atom is -0.492 e. The first-order chi connectivity index (χ1) is 19.1. The third kappa shape index (κ3) is 9.82. The molecule has 0 saturated carbocycles. The predicted octanol–water partition coefficient (Wildman–Crippen LogP) is 3.65. The lowest BCUT2D eigenvalue weighted by Gasteiger charge is -2.28. The molecule has 1 unspecified atom stereocenters. The molecule has 2 aromatic rings. The van der Waals surface area contributed by atoms with Crippen LogP contribution in [-0.2, 0) is 27.2 Å². The van der Waals surface area contributed by atoms with E-state index in [0.29, 0.717) is 37.6 Å². The highest BCUT2D eigenvalue weighted by molar-refractivity contribution is 6.30. The lowest BCUT2D eigenvalue weighted by Crippen LogP contribution is -2.58. The standard InChI is InChI=1S/C31H43ClN4O4/c1-20(2)18-26-29(37)34-15-7-9-23-8-5-6-10-27(23)40-17-16-33-25(19-22-11-13-24(32)14-12-22)30(38)36-28(21(3)4)31(39)35-26/h5-6,8,10-14,20-21,25-26,28,33H,7,9,15-19H2,1-4H3,(H,34,37)(H,35,39)(H,36,38)/t25-,26?,28-/m1/s1. The molecular weight excluding hydrogens is 528 g/mol. The van der Waals surface area contributed by atoms with Gasteiger partial charge in [-0.05, 0) is 66.8 Å². The van der Waals surface area contributed by atoms with E-state index in [1.54, 1.807) is 12.1 Å². The van der Waals surface area contributed by atoms with E-state index in [1.807, 2.05) is 64.1 Å². The number of aryl methyl sites for hydroxylation is 1. The number of fused-ring (bicyclic) bond motifs is 1. The topological polar surface area (TPSA) is 109 Å². The first-order valence-corrected chi connectivity index (χ1v) is 14.6. The van der Waals surface area contributed by atoms with Gasteiger partial charge in [0.05, 0.1) is 6.04 Å². The second-order valence-electron chi connectivity index (χ2n) is 11.1. The third-order valence-electron chi connectivity index (χ3n) is 6.90. The summed E-state index contributed by atoms with van der Waals surface area (Å²) < 4.78 is 6.08. The molecule has 4 N–H and O–H groups in total. The van der Waals surface area contributed by atoms with Gasteiger partial charge in [-0.15, -0.1) is 0 Å². The van der Waals surface area contributed by atoms with Gasteiger partial charge in [0, 0.05) is 18.1 Å². The Balaban J connectivity index is 1.86. The molecule has 1 aliphatic rings. The molecule has 0 bridgehead atoms. The van der Waals surface area contributed by atoms with Crippen LogP contribution in [0.25, 0.3) is 0 Å². The van der Waals surface area contributed by atoms with Crippen molar-refractivity contribution in [3.8, 4) is 5.75 Å². The number of halogens is 1. The first kappa shape index (κ1) is 31.4. The molecule has 8 nitrogen and oxygen atoms in total. The molecule has 0 saturated heterocycles. The number of nitrogens with one attached hydrogen (secondary N) is 4. The second-order valence-corrected chi connectivity index (χ2v) is 11.5. The number of benzene rings is 2. The van der Waals surface area contributed by atoms with Crippen molar-refractivity contribution in [3.63, 3.8) is 0 Å². The van der Waals surface area contributed by atoms with Crippen LogP contribution < -0.4 is 26.0 Å². The highest BCUT2D eigenvalue weighted by Gasteiger charge is 2.31. The molecular formula is C31H43ClN4O4. The molecule has 0 aliphatic carbocycles. The minimum absolute atomic E-state index is 0.187. The van der Waals surface area contributed by atoms with E-state index in [-0.39, 0.29) is 29.6 Å². The Hall–Kier alpha value is -3.10. The summed E-state index contributed by atoms with van der Waals surface area (Å²) in [5.74, 6) is -0.0849. The lowest BCUT2D eigenvalue weighted by atomic mass is 9.99. The number of rotatable bonds is 5. The van der Waals surface area contributed by atoms with Gasteiger partial charge in [-0.2, -0.15) is 0 Å². The zero-order chi connectivity index (χ0) is 29.1. The van der Waals surface area contributed by atoms with E-state index in [0.717, 1.165) is 29.7 Å². The molecule has 1 aliphatic heterocycles. The fourth-order valence-electron chi connectivity index (χ4n) is 4.73. The number of amides is 3. The van der Waals surface area contributed by atoms with Crippen molar-refractivity contribution in [1.29, 1.82) is 0 Å². The maximum absolute atomic E-state index is 13.6. The largest absolute Gasteiger partial charge is 0.492 e. The Morgan fingerprint density at radius 1 is 0.875 bits per heavy atom. The van der Waals surface area contributed by atoms with Crippen LogP contribution in [0, 0.1) is 11.8 Å². The fraction of sp³-hybridized carbons (Fsp3) is 0.516. The number of carbonyl (C=O) groups is 3. The molecule has 3 amide bonds. The summed E-state index contributed by atoms with van der Waals surface area (Å²) in [4.78, 5) is 40.1. The Labute approximate surface area is 243 Å². The average molecular weight is 571 g/mol. The molecule has 0 radical (unpaired) electrons. The fourth-order valence-corrected chi connectivity index (χ4v) is 4.85. The molecule has 40 heavy (non-hydrogen) atoms. The van der Waals surface area contributed by atoms with E-state index < -0.39 is 18.1 Å². The van der Waals surface area contributed by atoms with Crippen LogP contribution in [0.5, 0.6) is 5.75 Å². The van der Waals surface area contributed by atoms with E-state index >= 15 is 0 Å². The molecule has 9 heteroatoms. The molecule has 218 valence electrons. The van der Waals surface area contributed by atoms with Crippen molar-refractivity contribution in [1.82, 2.24) is 21.3 Å². The van der Waals surface area contributed by atoms with Crippen LogP contribution in [0.1, 0.15) is 51.7 Å². The number of para-hydroxylation sites is 1. The SMILES string of the molecule is CC(C)CC1NC(=O)[C@@H](C(C)C)NC(=O)[C@@H](Cc2ccc(Cl)cc2)NCCOc2ccccc2CCCNC1=O. The van der Waals surface area contributed by atoms with Gasteiger partial charge >= 0.3 is 0 Å². The van der Waals surface area contributed by atoms with Gasteiger partial charge < -0.3 is 26.0 Å². The van der Waals surface area contributed by atoms with Crippen molar-refractivity contribution in [2.45, 2.75) is 71.5 Å². The Bertz CT molecular complexity index is 1120. The van der Waals surface area contributed by atoms with Crippen LogP contribution in [0.3, 0.4) is 0 Å². The smallest absolute Gasteiger partial charge is 0.243 e. The summed E-state index contributed by atoms with van der Waals surface area (Å²) >= 11 is 6.06. The normalized spacial score (nSPS) is 21.9. The summed E-state index contributed by atoms with van der Waals surface area (Å²) in [6.45, 7) is 9.05. The van der Waals surface area contributed by atoms with Crippen LogP contribution in [0.4, 0.5) is 0 Å². The molecule has 3 rings (SSSR count). The van der Waals surface area contributed by atoms with Gasteiger partial charge in [-0.3, -0.25) is 14.4 Å². The summed E-state index contributed by atoms with van der Waals surface area (Å²) in [5.41, 5.74) is 1.99. The van der Waals surface area contributed by atoms with Crippen LogP contribution >= 0.6 is 11.6 Å². The maximum atomic E-state index is 13.6. The highest BCUT2D eigenvalue weighted by Crippen LogP contribution is 2.19. The summed E-state index contributed by atoms with van der Waals surface area (Å²) in [5, 5.41) is 12.8. The lowest BCUT2D eigenvalue weighted by molar-refractivity contribution is -0.133. The quantitative estimate of drug-likeness (QED) is 0.439. The van der Waals surface area contributed by atoms with E-state index in [9.17, 15) is 14.4 Å². The van der Waals surface area contributed by atoms with Gasteiger partial charge in [-0.25, -0.2) is 0 Å². The van der Waals surface area contributed by atoms with Crippen molar-refractivity contribution in [3.05, 3.63) is 64.7 Å². The van der Waals surface area contributed by atoms with Crippen molar-refractivity contribution >= 4 is 29.3 Å². The van der Waals surface area contributed by atoms with Crippen molar-refractivity contribution < 1.29 is 19.1 Å². The second kappa shape index (κ2) is 15.6. The van der Waals surface area contributed by atoms with E-state index in [2.05, 4.69) is 21.3 Å². The molecule has 2 aromatic carbocycles. The Kier molecular flexibility index (Phi) is 12.3. The molecule has 1 heterocycles. The summed E-state index contributed by atoms with van der Waals surface area (Å²) in [6, 6.07) is 13.1. The van der Waals surface area contributed by atoms with Crippen molar-refractivity contribution in [2.24, 2.45) is 11.8 Å². The zero-order valence-electron chi connectivity index (χ0n) is 24.0. The van der Waals surface area contributed by atoms with Gasteiger partial charge in [0.25, 0.3) is 0 Å². The number of hydrogen-bond donors (Lipinski definition) is 4. The highest BCUT2D eigenvalue weighted by atomic mass is 35.5. The Morgan fingerprint density at radius 3 is 2.30 bits per heavy atom. The van der Waals surface area contributed by atoms with Crippen LogP contribution in [0.2, 0.25) is 5.02 Å². The zero-order valence-corrected chi connectivity index (χ0v) is 24.7. The molecule has 0 spiro atoms. The first-order valence-electron chi connectivity index (χ1n) is 14.2. The van der Waals surface area contributed by atoms with Crippen molar-refractivity contribution in [2.75, 3.05) is 19.7 Å². The van der Waals surface area contributed by atoms with E-state index in [1.165, 1.54) is 0 Å². The maximum Gasteiger partial charge on any atom is 0.243 e. The number of carbonyl (C=O) groups excluding carboxylic acids is 3. The third-order valence-corrected chi connectivity index (χ3v) is 7.15. The predicted molar refractivity (Wildman–Crippen MR) is 158 cm³/mol. The molecule has 3 atom stereocenters. The summed E-state index contributed by atoms with van der Waals surface area (Å²) in [7, 11) is 0. The Morgan fingerprint density at radius 2 is 1.60 bits per heavy atom. The van der Waals surface area contributed by atoms with Gasteiger partial charge in [-0.1, -0.05) is 69.6 Å². The monoisotopic (exact) mass is 570 g/mol.